The standard InChI is InChI=1S/C24H22N2O2S/c1-2-14-28-20-12-10-18(11-13-20)22-16-29-24(25-22)26-23(27)15-19-8-5-7-17-6-3-4-9-21(17)19/h3-13,16H,2,14-15H2,1H3,(H,25,26,27). The first-order valence-electron chi connectivity index (χ1n) is 9.68. The number of hydrogen-bond donors (Lipinski definition) is 1. The Balaban J connectivity index is 1.43. The lowest BCUT2D eigenvalue weighted by Gasteiger charge is -2.06. The number of aromatic nitrogens is 1. The van der Waals surface area contributed by atoms with E-state index in [-0.39, 0.29) is 5.91 Å². The molecule has 4 nitrogen and oxygen atoms in total. The summed E-state index contributed by atoms with van der Waals surface area (Å²) in [4.78, 5) is 17.1. The van der Waals surface area contributed by atoms with Crippen LogP contribution in [0.4, 0.5) is 5.13 Å². The lowest BCUT2D eigenvalue weighted by Crippen LogP contribution is -2.14. The molecule has 0 aliphatic rings. The fourth-order valence-corrected chi connectivity index (χ4v) is 3.92. The number of amides is 1. The maximum absolute atomic E-state index is 12.6. The Morgan fingerprint density at radius 2 is 1.83 bits per heavy atom. The van der Waals surface area contributed by atoms with E-state index in [0.717, 1.165) is 39.8 Å². The highest BCUT2D eigenvalue weighted by atomic mass is 32.1. The summed E-state index contributed by atoms with van der Waals surface area (Å²) in [5.74, 6) is 0.792. The van der Waals surface area contributed by atoms with Gasteiger partial charge in [-0.25, -0.2) is 4.98 Å². The first-order chi connectivity index (χ1) is 14.2. The van der Waals surface area contributed by atoms with Crippen molar-refractivity contribution in [3.05, 3.63) is 77.7 Å². The minimum atomic E-state index is -0.0643. The number of fused-ring (bicyclic) bond motifs is 1. The van der Waals surface area contributed by atoms with Gasteiger partial charge >= 0.3 is 0 Å². The number of nitrogens with zero attached hydrogens (tertiary/aromatic N) is 1. The average Bonchev–Trinajstić information content (AvgIpc) is 3.21. The summed E-state index contributed by atoms with van der Waals surface area (Å²) in [6, 6.07) is 22.0. The molecule has 3 aromatic carbocycles. The van der Waals surface area contributed by atoms with Crippen molar-refractivity contribution in [1.29, 1.82) is 0 Å². The van der Waals surface area contributed by atoms with Gasteiger partial charge in [-0.3, -0.25) is 4.79 Å². The van der Waals surface area contributed by atoms with Crippen LogP contribution in [0, 0.1) is 0 Å². The maximum atomic E-state index is 12.6. The van der Waals surface area contributed by atoms with Gasteiger partial charge in [0.2, 0.25) is 5.91 Å². The van der Waals surface area contributed by atoms with Crippen LogP contribution in [0.25, 0.3) is 22.0 Å². The monoisotopic (exact) mass is 402 g/mol. The molecule has 0 fully saturated rings. The molecular formula is C24H22N2O2S. The zero-order chi connectivity index (χ0) is 20.1. The van der Waals surface area contributed by atoms with Gasteiger partial charge in [0.05, 0.1) is 18.7 Å². The van der Waals surface area contributed by atoms with Gasteiger partial charge in [-0.15, -0.1) is 11.3 Å². The quantitative estimate of drug-likeness (QED) is 0.417. The van der Waals surface area contributed by atoms with Crippen molar-refractivity contribution in [3.8, 4) is 17.0 Å². The predicted molar refractivity (Wildman–Crippen MR) is 120 cm³/mol. The summed E-state index contributed by atoms with van der Waals surface area (Å²) in [5.41, 5.74) is 2.86. The van der Waals surface area contributed by atoms with Crippen LogP contribution in [0.2, 0.25) is 0 Å². The molecule has 0 aliphatic heterocycles. The molecule has 1 heterocycles. The molecule has 0 spiro atoms. The second-order valence-corrected chi connectivity index (χ2v) is 7.63. The lowest BCUT2D eigenvalue weighted by molar-refractivity contribution is -0.115. The fourth-order valence-electron chi connectivity index (χ4n) is 3.19. The van der Waals surface area contributed by atoms with E-state index in [1.165, 1.54) is 11.3 Å². The molecule has 146 valence electrons. The summed E-state index contributed by atoms with van der Waals surface area (Å²) in [6.07, 6.45) is 1.30. The molecule has 4 aromatic rings. The zero-order valence-corrected chi connectivity index (χ0v) is 17.0. The third-order valence-electron chi connectivity index (χ3n) is 4.60. The van der Waals surface area contributed by atoms with Crippen molar-refractivity contribution in [2.24, 2.45) is 0 Å². The van der Waals surface area contributed by atoms with E-state index in [9.17, 15) is 4.79 Å². The molecule has 0 saturated heterocycles. The summed E-state index contributed by atoms with van der Waals surface area (Å²) in [6.45, 7) is 2.79. The normalized spacial score (nSPS) is 10.8. The van der Waals surface area contributed by atoms with Gasteiger partial charge in [0.25, 0.3) is 0 Å². The highest BCUT2D eigenvalue weighted by molar-refractivity contribution is 7.14. The number of ether oxygens (including phenoxy) is 1. The number of nitrogens with one attached hydrogen (secondary N) is 1. The average molecular weight is 403 g/mol. The van der Waals surface area contributed by atoms with E-state index >= 15 is 0 Å². The number of hydrogen-bond acceptors (Lipinski definition) is 4. The molecule has 1 aromatic heterocycles. The number of carbonyl (C=O) groups excluding carboxylic acids is 1. The summed E-state index contributed by atoms with van der Waals surface area (Å²) < 4.78 is 5.62. The highest BCUT2D eigenvalue weighted by Gasteiger charge is 2.11. The van der Waals surface area contributed by atoms with Crippen molar-refractivity contribution in [2.45, 2.75) is 19.8 Å². The Morgan fingerprint density at radius 1 is 1.03 bits per heavy atom. The molecule has 4 rings (SSSR count). The van der Waals surface area contributed by atoms with Gasteiger partial charge in [-0.2, -0.15) is 0 Å². The van der Waals surface area contributed by atoms with Gasteiger partial charge in [-0.1, -0.05) is 49.4 Å². The summed E-state index contributed by atoms with van der Waals surface area (Å²) in [5, 5.41) is 7.74. The Kier molecular flexibility index (Phi) is 5.86. The molecule has 0 bridgehead atoms. The molecule has 0 radical (unpaired) electrons. The van der Waals surface area contributed by atoms with E-state index in [0.29, 0.717) is 18.2 Å². The summed E-state index contributed by atoms with van der Waals surface area (Å²) >= 11 is 1.43. The molecule has 0 saturated carbocycles. The first kappa shape index (κ1) is 19.2. The Morgan fingerprint density at radius 3 is 2.66 bits per heavy atom. The predicted octanol–water partition coefficient (Wildman–Crippen LogP) is 5.93. The third kappa shape index (κ3) is 4.63. The molecule has 1 amide bonds. The van der Waals surface area contributed by atoms with Crippen molar-refractivity contribution in [3.63, 3.8) is 0 Å². The number of thiazole rings is 1. The smallest absolute Gasteiger partial charge is 0.230 e. The highest BCUT2D eigenvalue weighted by Crippen LogP contribution is 2.27. The molecule has 0 atom stereocenters. The van der Waals surface area contributed by atoms with Crippen LogP contribution in [0.1, 0.15) is 18.9 Å². The number of rotatable bonds is 7. The number of benzene rings is 3. The van der Waals surface area contributed by atoms with Crippen LogP contribution in [0.3, 0.4) is 0 Å². The van der Waals surface area contributed by atoms with Crippen molar-refractivity contribution in [2.75, 3.05) is 11.9 Å². The van der Waals surface area contributed by atoms with E-state index < -0.39 is 0 Å². The van der Waals surface area contributed by atoms with Crippen LogP contribution in [-0.2, 0) is 11.2 Å². The second kappa shape index (κ2) is 8.88. The second-order valence-electron chi connectivity index (χ2n) is 6.77. The molecule has 5 heteroatoms. The van der Waals surface area contributed by atoms with Crippen LogP contribution >= 0.6 is 11.3 Å². The SMILES string of the molecule is CCCOc1ccc(-c2csc(NC(=O)Cc3cccc4ccccc34)n2)cc1. The maximum Gasteiger partial charge on any atom is 0.230 e. The van der Waals surface area contributed by atoms with Crippen molar-refractivity contribution in [1.82, 2.24) is 4.98 Å². The Hall–Kier alpha value is -3.18. The minimum Gasteiger partial charge on any atom is -0.494 e. The van der Waals surface area contributed by atoms with Crippen molar-refractivity contribution < 1.29 is 9.53 Å². The van der Waals surface area contributed by atoms with Crippen LogP contribution in [0.15, 0.2) is 72.1 Å². The van der Waals surface area contributed by atoms with Crippen molar-refractivity contribution >= 4 is 33.1 Å². The van der Waals surface area contributed by atoms with Gasteiger partial charge in [0.1, 0.15) is 5.75 Å². The van der Waals surface area contributed by atoms with Crippen LogP contribution < -0.4 is 10.1 Å². The molecule has 1 N–H and O–H groups in total. The zero-order valence-electron chi connectivity index (χ0n) is 16.2. The van der Waals surface area contributed by atoms with Crippen LogP contribution in [-0.4, -0.2) is 17.5 Å². The number of carbonyl (C=O) groups is 1. The minimum absolute atomic E-state index is 0.0643. The summed E-state index contributed by atoms with van der Waals surface area (Å²) in [7, 11) is 0. The van der Waals surface area contributed by atoms with E-state index in [2.05, 4.69) is 29.4 Å². The largest absolute Gasteiger partial charge is 0.494 e. The van der Waals surface area contributed by atoms with E-state index in [1.54, 1.807) is 0 Å². The number of anilines is 1. The van der Waals surface area contributed by atoms with Gasteiger partial charge < -0.3 is 10.1 Å². The fraction of sp³-hybridized carbons (Fsp3) is 0.167. The first-order valence-corrected chi connectivity index (χ1v) is 10.6. The Labute approximate surface area is 174 Å². The molecular weight excluding hydrogens is 380 g/mol. The molecule has 0 aliphatic carbocycles. The van der Waals surface area contributed by atoms with E-state index in [4.69, 9.17) is 4.74 Å². The van der Waals surface area contributed by atoms with E-state index in [1.807, 2.05) is 60.0 Å². The Bertz CT molecular complexity index is 1110. The molecule has 0 unspecified atom stereocenters. The van der Waals surface area contributed by atoms with Gasteiger partial charge in [0.15, 0.2) is 5.13 Å². The van der Waals surface area contributed by atoms with Crippen LogP contribution in [0.5, 0.6) is 5.75 Å². The lowest BCUT2D eigenvalue weighted by atomic mass is 10.0. The van der Waals surface area contributed by atoms with Gasteiger partial charge in [0, 0.05) is 10.9 Å². The van der Waals surface area contributed by atoms with Gasteiger partial charge in [-0.05, 0) is 47.0 Å². The molecule has 29 heavy (non-hydrogen) atoms. The topological polar surface area (TPSA) is 51.2 Å². The third-order valence-corrected chi connectivity index (χ3v) is 5.36.